The highest BCUT2D eigenvalue weighted by atomic mass is 127. The van der Waals surface area contributed by atoms with Crippen molar-refractivity contribution in [2.24, 2.45) is 0 Å². The molecular weight excluding hydrogens is 419 g/mol. The predicted octanol–water partition coefficient (Wildman–Crippen LogP) is 3.18. The lowest BCUT2D eigenvalue weighted by Gasteiger charge is -2.11. The van der Waals surface area contributed by atoms with Crippen molar-refractivity contribution >= 4 is 40.1 Å². The largest absolute Gasteiger partial charge is 0.496 e. The third-order valence-corrected chi connectivity index (χ3v) is 4.32. The van der Waals surface area contributed by atoms with E-state index in [0.29, 0.717) is 17.7 Å². The van der Waals surface area contributed by atoms with Gasteiger partial charge in [-0.2, -0.15) is 0 Å². The fourth-order valence-electron chi connectivity index (χ4n) is 2.05. The fraction of sp³-hybridized carbons (Fsp3) is 0.222. The lowest BCUT2D eigenvalue weighted by Crippen LogP contribution is -2.23. The summed E-state index contributed by atoms with van der Waals surface area (Å²) in [7, 11) is 5.06. The molecule has 0 saturated heterocycles. The van der Waals surface area contributed by atoms with Gasteiger partial charge in [-0.3, -0.25) is 9.59 Å². The van der Waals surface area contributed by atoms with Crippen molar-refractivity contribution < 1.29 is 14.3 Å². The van der Waals surface area contributed by atoms with Gasteiger partial charge >= 0.3 is 0 Å². The molecule has 0 aromatic heterocycles. The minimum absolute atomic E-state index is 0.0413. The summed E-state index contributed by atoms with van der Waals surface area (Å²) in [6.45, 7) is 0. The highest BCUT2D eigenvalue weighted by Gasteiger charge is 2.10. The summed E-state index contributed by atoms with van der Waals surface area (Å²) in [6.07, 6.45) is 0.345. The first-order valence-corrected chi connectivity index (χ1v) is 8.42. The number of likely N-dealkylation sites (N-methyl/N-ethyl adjacent to an activating group) is 1. The zero-order chi connectivity index (χ0) is 17.7. The molecule has 126 valence electrons. The lowest BCUT2D eigenvalue weighted by atomic mass is 10.1. The number of ether oxygens (including phenoxy) is 1. The quantitative estimate of drug-likeness (QED) is 0.730. The summed E-state index contributed by atoms with van der Waals surface area (Å²) in [6, 6.07) is 12.5. The van der Waals surface area contributed by atoms with Gasteiger partial charge in [-0.05, 0) is 58.5 Å². The van der Waals surface area contributed by atoms with Crippen LogP contribution in [0.15, 0.2) is 42.5 Å². The Balaban J connectivity index is 2.04. The first kappa shape index (κ1) is 18.3. The summed E-state index contributed by atoms with van der Waals surface area (Å²) < 4.78 is 6.06. The first-order chi connectivity index (χ1) is 11.4. The smallest absolute Gasteiger partial charge is 0.255 e. The standard InChI is InChI=1S/C18H19IN2O3/c1-21(2)17(22)10-12-4-7-14(8-5-12)20-18(23)13-6-9-16(24-3)15(19)11-13/h4-9,11H,10H2,1-3H3,(H,20,23). The number of hydrogen-bond acceptors (Lipinski definition) is 3. The Hall–Kier alpha value is -2.09. The summed E-state index contributed by atoms with van der Waals surface area (Å²) in [4.78, 5) is 25.5. The molecule has 0 radical (unpaired) electrons. The van der Waals surface area contributed by atoms with Gasteiger partial charge in [-0.1, -0.05) is 12.1 Å². The Labute approximate surface area is 155 Å². The predicted molar refractivity (Wildman–Crippen MR) is 103 cm³/mol. The van der Waals surface area contributed by atoms with Gasteiger partial charge in [0, 0.05) is 25.3 Å². The van der Waals surface area contributed by atoms with Crippen molar-refractivity contribution in [1.29, 1.82) is 0 Å². The molecule has 2 aromatic carbocycles. The zero-order valence-electron chi connectivity index (χ0n) is 13.8. The van der Waals surface area contributed by atoms with Crippen LogP contribution in [0.5, 0.6) is 5.75 Å². The third kappa shape index (κ3) is 4.70. The number of carbonyl (C=O) groups excluding carboxylic acids is 2. The van der Waals surface area contributed by atoms with Crippen molar-refractivity contribution in [3.63, 3.8) is 0 Å². The van der Waals surface area contributed by atoms with Gasteiger partial charge in [0.15, 0.2) is 0 Å². The Kier molecular flexibility index (Phi) is 6.19. The van der Waals surface area contributed by atoms with E-state index in [1.165, 1.54) is 0 Å². The van der Waals surface area contributed by atoms with Gasteiger partial charge in [0.2, 0.25) is 5.91 Å². The van der Waals surface area contributed by atoms with Crippen LogP contribution in [-0.4, -0.2) is 37.9 Å². The van der Waals surface area contributed by atoms with Crippen LogP contribution in [0, 0.1) is 3.57 Å². The third-order valence-electron chi connectivity index (χ3n) is 3.48. The van der Waals surface area contributed by atoms with E-state index in [9.17, 15) is 9.59 Å². The lowest BCUT2D eigenvalue weighted by molar-refractivity contribution is -0.127. The molecule has 0 aliphatic carbocycles. The Bertz CT molecular complexity index is 742. The molecule has 0 heterocycles. The van der Waals surface area contributed by atoms with Crippen LogP contribution in [0.25, 0.3) is 0 Å². The zero-order valence-corrected chi connectivity index (χ0v) is 16.0. The van der Waals surface area contributed by atoms with Gasteiger partial charge in [-0.15, -0.1) is 0 Å². The molecule has 5 nitrogen and oxygen atoms in total. The average molecular weight is 438 g/mol. The van der Waals surface area contributed by atoms with Crippen LogP contribution < -0.4 is 10.1 Å². The van der Waals surface area contributed by atoms with Crippen molar-refractivity contribution in [3.8, 4) is 5.75 Å². The van der Waals surface area contributed by atoms with Crippen LogP contribution in [-0.2, 0) is 11.2 Å². The van der Waals surface area contributed by atoms with E-state index < -0.39 is 0 Å². The van der Waals surface area contributed by atoms with E-state index in [1.54, 1.807) is 56.4 Å². The van der Waals surface area contributed by atoms with Crippen molar-refractivity contribution in [2.75, 3.05) is 26.5 Å². The van der Waals surface area contributed by atoms with Crippen LogP contribution in [0.4, 0.5) is 5.69 Å². The van der Waals surface area contributed by atoms with E-state index in [0.717, 1.165) is 14.9 Å². The fourth-order valence-corrected chi connectivity index (χ4v) is 2.79. The number of amides is 2. The van der Waals surface area contributed by atoms with Gasteiger partial charge in [0.05, 0.1) is 17.1 Å². The highest BCUT2D eigenvalue weighted by Crippen LogP contribution is 2.22. The van der Waals surface area contributed by atoms with E-state index in [2.05, 4.69) is 27.9 Å². The Morgan fingerprint density at radius 2 is 1.79 bits per heavy atom. The molecule has 6 heteroatoms. The maximum Gasteiger partial charge on any atom is 0.255 e. The van der Waals surface area contributed by atoms with E-state index in [4.69, 9.17) is 4.74 Å². The molecule has 0 unspecified atom stereocenters. The van der Waals surface area contributed by atoms with Gasteiger partial charge < -0.3 is 15.0 Å². The van der Waals surface area contributed by atoms with Crippen molar-refractivity contribution in [3.05, 3.63) is 57.2 Å². The molecule has 0 fully saturated rings. The number of benzene rings is 2. The summed E-state index contributed by atoms with van der Waals surface area (Å²) in [5, 5.41) is 2.85. The van der Waals surface area contributed by atoms with Crippen LogP contribution in [0.2, 0.25) is 0 Å². The molecule has 1 N–H and O–H groups in total. The SMILES string of the molecule is COc1ccc(C(=O)Nc2ccc(CC(=O)N(C)C)cc2)cc1I. The number of nitrogens with zero attached hydrogens (tertiary/aromatic N) is 1. The van der Waals surface area contributed by atoms with Gasteiger partial charge in [-0.25, -0.2) is 0 Å². The molecule has 0 bridgehead atoms. The van der Waals surface area contributed by atoms with Crippen LogP contribution in [0.1, 0.15) is 15.9 Å². The second-order valence-electron chi connectivity index (χ2n) is 5.47. The van der Waals surface area contributed by atoms with Crippen molar-refractivity contribution in [2.45, 2.75) is 6.42 Å². The molecule has 24 heavy (non-hydrogen) atoms. The summed E-state index contributed by atoms with van der Waals surface area (Å²) in [5.74, 6) is 0.592. The normalized spacial score (nSPS) is 10.2. The number of anilines is 1. The molecular formula is C18H19IN2O3. The molecule has 0 atom stereocenters. The molecule has 2 aromatic rings. The second-order valence-corrected chi connectivity index (χ2v) is 6.63. The van der Waals surface area contributed by atoms with Crippen LogP contribution >= 0.6 is 22.6 Å². The number of rotatable bonds is 5. The number of nitrogens with one attached hydrogen (secondary N) is 1. The minimum atomic E-state index is -0.187. The monoisotopic (exact) mass is 438 g/mol. The van der Waals surface area contributed by atoms with Crippen LogP contribution in [0.3, 0.4) is 0 Å². The molecule has 0 saturated carbocycles. The maximum atomic E-state index is 12.3. The first-order valence-electron chi connectivity index (χ1n) is 7.34. The average Bonchev–Trinajstić information content (AvgIpc) is 2.56. The van der Waals surface area contributed by atoms with Gasteiger partial charge in [0.1, 0.15) is 5.75 Å². The molecule has 0 aliphatic heterocycles. The van der Waals surface area contributed by atoms with E-state index in [-0.39, 0.29) is 11.8 Å². The molecule has 2 rings (SSSR count). The second kappa shape index (κ2) is 8.14. The summed E-state index contributed by atoms with van der Waals surface area (Å²) >= 11 is 2.13. The number of carbonyl (C=O) groups is 2. The molecule has 2 amide bonds. The Morgan fingerprint density at radius 3 is 2.33 bits per heavy atom. The van der Waals surface area contributed by atoms with Gasteiger partial charge in [0.25, 0.3) is 5.91 Å². The number of halogens is 1. The maximum absolute atomic E-state index is 12.3. The molecule has 0 spiro atoms. The molecule has 0 aliphatic rings. The topological polar surface area (TPSA) is 58.6 Å². The number of methoxy groups -OCH3 is 1. The van der Waals surface area contributed by atoms with E-state index >= 15 is 0 Å². The van der Waals surface area contributed by atoms with E-state index in [1.807, 2.05) is 12.1 Å². The van der Waals surface area contributed by atoms with Crippen molar-refractivity contribution in [1.82, 2.24) is 4.90 Å². The highest BCUT2D eigenvalue weighted by molar-refractivity contribution is 14.1. The number of hydrogen-bond donors (Lipinski definition) is 1. The summed E-state index contributed by atoms with van der Waals surface area (Å²) in [5.41, 5.74) is 2.16. The Morgan fingerprint density at radius 1 is 1.12 bits per heavy atom. The minimum Gasteiger partial charge on any atom is -0.496 e.